The van der Waals surface area contributed by atoms with E-state index in [0.29, 0.717) is 18.6 Å². The van der Waals surface area contributed by atoms with E-state index in [1.165, 1.54) is 6.92 Å². The lowest BCUT2D eigenvalue weighted by molar-refractivity contribution is -0.145. The summed E-state index contributed by atoms with van der Waals surface area (Å²) >= 11 is 0. The number of aliphatic hydroxyl groups excluding tert-OH is 1. The summed E-state index contributed by atoms with van der Waals surface area (Å²) in [5.41, 5.74) is 3.78. The van der Waals surface area contributed by atoms with Crippen molar-refractivity contribution in [1.29, 1.82) is 0 Å². The van der Waals surface area contributed by atoms with Crippen LogP contribution in [0.15, 0.2) is 23.8 Å². The zero-order valence-electron chi connectivity index (χ0n) is 25.8. The van der Waals surface area contributed by atoms with Crippen molar-refractivity contribution >= 4 is 17.9 Å². The Morgan fingerprint density at radius 2 is 1.70 bits per heavy atom. The lowest BCUT2D eigenvalue weighted by Gasteiger charge is -2.33. The SMILES string of the molecule is CCOC(=O)COc1cc(C[C@@H](C[C@H](NOC(C)(C)C)[C@@H](O)C(=C=O)[C@@H](C)C(=O)O)C(C)C)ccc1C(C)(C)C. The molecule has 0 saturated carbocycles. The molecule has 3 N–H and O–H groups in total. The van der Waals surface area contributed by atoms with Crippen LogP contribution in [0.2, 0.25) is 0 Å². The molecule has 40 heavy (non-hydrogen) atoms. The Morgan fingerprint density at radius 3 is 2.17 bits per heavy atom. The van der Waals surface area contributed by atoms with Crippen LogP contribution in [0.4, 0.5) is 0 Å². The van der Waals surface area contributed by atoms with Crippen molar-refractivity contribution in [3.63, 3.8) is 0 Å². The average Bonchev–Trinajstić information content (AvgIpc) is 2.83. The van der Waals surface area contributed by atoms with Crippen LogP contribution in [-0.2, 0) is 35.8 Å². The molecular formula is C31H49NO8. The van der Waals surface area contributed by atoms with Crippen molar-refractivity contribution in [3.8, 4) is 5.75 Å². The van der Waals surface area contributed by atoms with Gasteiger partial charge in [0.1, 0.15) is 17.8 Å². The first-order valence-corrected chi connectivity index (χ1v) is 13.9. The number of esters is 1. The molecule has 0 amide bonds. The number of carbonyl (C=O) groups excluding carboxylic acids is 2. The van der Waals surface area contributed by atoms with Gasteiger partial charge in [-0.05, 0) is 81.9 Å². The zero-order valence-corrected chi connectivity index (χ0v) is 25.8. The molecule has 0 aromatic heterocycles. The second-order valence-corrected chi connectivity index (χ2v) is 12.6. The summed E-state index contributed by atoms with van der Waals surface area (Å²) in [6.07, 6.45) is -0.432. The molecule has 1 rings (SSSR count). The number of rotatable bonds is 15. The molecule has 9 heteroatoms. The van der Waals surface area contributed by atoms with E-state index in [-0.39, 0.29) is 36.0 Å². The summed E-state index contributed by atoms with van der Waals surface area (Å²) in [4.78, 5) is 41.0. The third-order valence-electron chi connectivity index (χ3n) is 6.67. The molecule has 0 fully saturated rings. The Balaban J connectivity index is 3.35. The minimum Gasteiger partial charge on any atom is -0.482 e. The number of benzene rings is 1. The smallest absolute Gasteiger partial charge is 0.344 e. The van der Waals surface area contributed by atoms with E-state index in [9.17, 15) is 24.6 Å². The predicted molar refractivity (Wildman–Crippen MR) is 154 cm³/mol. The molecule has 0 aliphatic rings. The number of hydrogen-bond donors (Lipinski definition) is 3. The van der Waals surface area contributed by atoms with Crippen LogP contribution in [0.3, 0.4) is 0 Å². The van der Waals surface area contributed by atoms with E-state index in [0.717, 1.165) is 11.1 Å². The summed E-state index contributed by atoms with van der Waals surface area (Å²) in [5, 5.41) is 20.6. The highest BCUT2D eigenvalue weighted by molar-refractivity contribution is 5.77. The molecule has 0 bridgehead atoms. The maximum atomic E-state index is 12.0. The van der Waals surface area contributed by atoms with Gasteiger partial charge in [-0.15, -0.1) is 0 Å². The summed E-state index contributed by atoms with van der Waals surface area (Å²) in [6, 6.07) is 5.20. The highest BCUT2D eigenvalue weighted by Crippen LogP contribution is 2.34. The quantitative estimate of drug-likeness (QED) is 0.158. The lowest BCUT2D eigenvalue weighted by atomic mass is 9.80. The fraction of sp³-hybridized carbons (Fsp3) is 0.677. The van der Waals surface area contributed by atoms with Crippen LogP contribution in [0, 0.1) is 17.8 Å². The molecule has 0 saturated heterocycles. The van der Waals surface area contributed by atoms with Crippen LogP contribution in [0.25, 0.3) is 0 Å². The molecule has 0 aliphatic carbocycles. The second kappa shape index (κ2) is 15.3. The van der Waals surface area contributed by atoms with Gasteiger partial charge in [-0.3, -0.25) is 9.63 Å². The lowest BCUT2D eigenvalue weighted by Crippen LogP contribution is -2.47. The van der Waals surface area contributed by atoms with Crippen LogP contribution in [-0.4, -0.2) is 59.1 Å². The maximum absolute atomic E-state index is 12.0. The van der Waals surface area contributed by atoms with Crippen LogP contribution < -0.4 is 10.2 Å². The Labute approximate surface area is 239 Å². The van der Waals surface area contributed by atoms with Gasteiger partial charge >= 0.3 is 11.9 Å². The molecule has 0 unspecified atom stereocenters. The maximum Gasteiger partial charge on any atom is 0.344 e. The van der Waals surface area contributed by atoms with Crippen LogP contribution >= 0.6 is 0 Å². The number of ether oxygens (including phenoxy) is 2. The van der Waals surface area contributed by atoms with Gasteiger partial charge in [0.05, 0.1) is 29.7 Å². The van der Waals surface area contributed by atoms with Gasteiger partial charge in [-0.1, -0.05) is 46.8 Å². The van der Waals surface area contributed by atoms with E-state index in [2.05, 4.69) is 40.1 Å². The summed E-state index contributed by atoms with van der Waals surface area (Å²) in [5.74, 6) is -0.432. The van der Waals surface area contributed by atoms with E-state index >= 15 is 0 Å². The zero-order chi connectivity index (χ0) is 30.8. The highest BCUT2D eigenvalue weighted by atomic mass is 16.7. The molecule has 0 heterocycles. The van der Waals surface area contributed by atoms with Gasteiger partial charge in [0.2, 0.25) is 0 Å². The normalized spacial score (nSPS) is 15.1. The first kappa shape index (κ1) is 35.3. The van der Waals surface area contributed by atoms with Crippen LogP contribution in [0.1, 0.15) is 86.8 Å². The summed E-state index contributed by atoms with van der Waals surface area (Å²) in [6.45, 7) is 19.0. The van der Waals surface area contributed by atoms with Crippen molar-refractivity contribution < 1.29 is 38.9 Å². The molecule has 1 aromatic carbocycles. The van der Waals surface area contributed by atoms with E-state index in [1.54, 1.807) is 12.9 Å². The Hall–Kier alpha value is -2.71. The minimum atomic E-state index is -1.42. The number of aliphatic carboxylic acids is 1. The first-order chi connectivity index (χ1) is 18.4. The Kier molecular flexibility index (Phi) is 13.5. The topological polar surface area (TPSA) is 131 Å². The number of aliphatic hydroxyl groups is 1. The van der Waals surface area contributed by atoms with Gasteiger partial charge in [0, 0.05) is 0 Å². The minimum absolute atomic E-state index is 0.00199. The average molecular weight is 564 g/mol. The van der Waals surface area contributed by atoms with Gasteiger partial charge in [-0.2, -0.15) is 5.48 Å². The molecule has 0 radical (unpaired) electrons. The third kappa shape index (κ3) is 11.4. The largest absolute Gasteiger partial charge is 0.482 e. The summed E-state index contributed by atoms with van der Waals surface area (Å²) < 4.78 is 10.9. The van der Waals surface area contributed by atoms with Crippen molar-refractivity contribution in [2.24, 2.45) is 17.8 Å². The second-order valence-electron chi connectivity index (χ2n) is 12.6. The van der Waals surface area contributed by atoms with Crippen molar-refractivity contribution in [3.05, 3.63) is 34.9 Å². The predicted octanol–water partition coefficient (Wildman–Crippen LogP) is 4.66. The highest BCUT2D eigenvalue weighted by Gasteiger charge is 2.34. The molecule has 1 aromatic rings. The van der Waals surface area contributed by atoms with Gasteiger partial charge in [-0.25, -0.2) is 9.59 Å². The monoisotopic (exact) mass is 563 g/mol. The number of hydrogen-bond acceptors (Lipinski definition) is 8. The molecule has 0 aliphatic heterocycles. The van der Waals surface area contributed by atoms with Gasteiger partial charge in [0.25, 0.3) is 0 Å². The molecule has 226 valence electrons. The third-order valence-corrected chi connectivity index (χ3v) is 6.67. The first-order valence-electron chi connectivity index (χ1n) is 13.9. The Bertz CT molecular complexity index is 1030. The van der Waals surface area contributed by atoms with Crippen molar-refractivity contribution in [2.45, 2.75) is 105 Å². The fourth-order valence-electron chi connectivity index (χ4n) is 4.24. The standard InChI is InChI=1S/C31H49NO8/c1-11-38-27(34)18-39-26-15-21(12-13-24(26)30(5,6)7)14-22(19(2)3)16-25(32-40-31(8,9)10)28(35)23(17-33)20(4)29(36)37/h12-13,15,19-20,22,25,28,32,35H,11,14,16,18H2,1-10H3,(H,36,37)/t20-,22+,25+,28+/m1/s1. The number of nitrogens with one attached hydrogen (secondary N) is 1. The summed E-state index contributed by atoms with van der Waals surface area (Å²) in [7, 11) is 0. The van der Waals surface area contributed by atoms with E-state index in [4.69, 9.17) is 14.3 Å². The number of carboxylic acid groups (broad SMARTS) is 1. The van der Waals surface area contributed by atoms with Gasteiger partial charge in [0.15, 0.2) is 6.61 Å². The van der Waals surface area contributed by atoms with Crippen molar-refractivity contribution in [1.82, 2.24) is 5.48 Å². The molecule has 0 spiro atoms. The number of carbonyl (C=O) groups is 2. The van der Waals surface area contributed by atoms with E-state index in [1.807, 2.05) is 39.0 Å². The Morgan fingerprint density at radius 1 is 1.07 bits per heavy atom. The van der Waals surface area contributed by atoms with Crippen LogP contribution in [0.5, 0.6) is 5.75 Å². The molecular weight excluding hydrogens is 514 g/mol. The molecule has 4 atom stereocenters. The van der Waals surface area contributed by atoms with Gasteiger partial charge < -0.3 is 19.7 Å². The van der Waals surface area contributed by atoms with E-state index < -0.39 is 35.6 Å². The number of carboxylic acids is 1. The number of hydroxylamine groups is 1. The molecule has 9 nitrogen and oxygen atoms in total. The van der Waals surface area contributed by atoms with Crippen molar-refractivity contribution in [2.75, 3.05) is 13.2 Å². The fourth-order valence-corrected chi connectivity index (χ4v) is 4.24.